The molecule has 3 rings (SSSR count). The molecule has 0 spiro atoms. The Balaban J connectivity index is 0.00000208. The number of aromatic nitrogens is 2. The Morgan fingerprint density at radius 2 is 2.21 bits per heavy atom. The summed E-state index contributed by atoms with van der Waals surface area (Å²) in [4.78, 5) is 19.8. The number of nitrogens with one attached hydrogen (secondary N) is 2. The second-order valence-electron chi connectivity index (χ2n) is 5.70. The summed E-state index contributed by atoms with van der Waals surface area (Å²) in [5.41, 5.74) is 8.28. The Labute approximate surface area is 146 Å². The maximum absolute atomic E-state index is 12.2. The molecule has 3 aromatic rings. The van der Waals surface area contributed by atoms with Crippen LogP contribution in [0.4, 0.5) is 5.69 Å². The molecule has 128 valence electrons. The van der Waals surface area contributed by atoms with E-state index >= 15 is 0 Å². The SMILES string of the molecule is CCC(C)C(N)C(=O)Nc1ccc2nc(-c3ccco3)[nH]c2c1.Cl. The highest BCUT2D eigenvalue weighted by atomic mass is 35.5. The largest absolute Gasteiger partial charge is 0.461 e. The van der Waals surface area contributed by atoms with Gasteiger partial charge in [-0.05, 0) is 36.2 Å². The van der Waals surface area contributed by atoms with Crippen LogP contribution in [-0.4, -0.2) is 21.9 Å². The number of H-pyrrole nitrogens is 1. The van der Waals surface area contributed by atoms with E-state index in [-0.39, 0.29) is 24.2 Å². The van der Waals surface area contributed by atoms with E-state index in [1.807, 2.05) is 44.2 Å². The van der Waals surface area contributed by atoms with Crippen molar-refractivity contribution in [1.82, 2.24) is 9.97 Å². The molecule has 7 heteroatoms. The van der Waals surface area contributed by atoms with Gasteiger partial charge in [-0.2, -0.15) is 0 Å². The van der Waals surface area contributed by atoms with Crippen LogP contribution in [0.15, 0.2) is 41.0 Å². The molecule has 24 heavy (non-hydrogen) atoms. The molecular formula is C17H21ClN4O2. The maximum Gasteiger partial charge on any atom is 0.241 e. The topological polar surface area (TPSA) is 96.9 Å². The second-order valence-corrected chi connectivity index (χ2v) is 5.70. The fourth-order valence-electron chi connectivity index (χ4n) is 2.36. The second kappa shape index (κ2) is 7.51. The smallest absolute Gasteiger partial charge is 0.241 e. The Morgan fingerprint density at radius 1 is 1.42 bits per heavy atom. The minimum absolute atomic E-state index is 0. The quantitative estimate of drug-likeness (QED) is 0.656. The van der Waals surface area contributed by atoms with Crippen molar-refractivity contribution >= 4 is 35.0 Å². The van der Waals surface area contributed by atoms with Gasteiger partial charge in [0.25, 0.3) is 0 Å². The fraction of sp³-hybridized carbons (Fsp3) is 0.294. The minimum Gasteiger partial charge on any atom is -0.461 e. The first-order chi connectivity index (χ1) is 11.1. The summed E-state index contributed by atoms with van der Waals surface area (Å²) < 4.78 is 5.33. The molecule has 2 heterocycles. The van der Waals surface area contributed by atoms with Crippen molar-refractivity contribution in [3.8, 4) is 11.6 Å². The predicted octanol–water partition coefficient (Wildman–Crippen LogP) is 3.56. The molecule has 0 aliphatic rings. The van der Waals surface area contributed by atoms with Crippen LogP contribution in [0.5, 0.6) is 0 Å². The van der Waals surface area contributed by atoms with Gasteiger partial charge < -0.3 is 20.5 Å². The number of nitrogens with zero attached hydrogens (tertiary/aromatic N) is 1. The number of rotatable bonds is 5. The summed E-state index contributed by atoms with van der Waals surface area (Å²) in [6.45, 7) is 3.99. The Morgan fingerprint density at radius 3 is 2.88 bits per heavy atom. The van der Waals surface area contributed by atoms with E-state index in [1.165, 1.54) is 0 Å². The molecule has 0 radical (unpaired) electrons. The number of nitrogens with two attached hydrogens (primary N) is 1. The molecule has 2 atom stereocenters. The van der Waals surface area contributed by atoms with Crippen LogP contribution in [0, 0.1) is 5.92 Å². The van der Waals surface area contributed by atoms with E-state index in [9.17, 15) is 4.79 Å². The Bertz CT molecular complexity index is 813. The number of carbonyl (C=O) groups is 1. The fourth-order valence-corrected chi connectivity index (χ4v) is 2.36. The minimum atomic E-state index is -0.517. The number of furan rings is 1. The molecule has 0 fully saturated rings. The number of hydrogen-bond donors (Lipinski definition) is 3. The zero-order chi connectivity index (χ0) is 16.4. The van der Waals surface area contributed by atoms with Gasteiger partial charge in [0.1, 0.15) is 0 Å². The third kappa shape index (κ3) is 3.60. The summed E-state index contributed by atoms with van der Waals surface area (Å²) in [6.07, 6.45) is 2.46. The molecule has 1 aromatic carbocycles. The van der Waals surface area contributed by atoms with E-state index in [0.29, 0.717) is 17.3 Å². The number of carbonyl (C=O) groups excluding carboxylic acids is 1. The molecule has 0 saturated heterocycles. The highest BCUT2D eigenvalue weighted by molar-refractivity contribution is 5.96. The first kappa shape index (κ1) is 18.0. The van der Waals surface area contributed by atoms with Gasteiger partial charge >= 0.3 is 0 Å². The van der Waals surface area contributed by atoms with Gasteiger partial charge in [-0.1, -0.05) is 20.3 Å². The first-order valence-electron chi connectivity index (χ1n) is 7.68. The lowest BCUT2D eigenvalue weighted by Gasteiger charge is -2.17. The number of amides is 1. The van der Waals surface area contributed by atoms with Crippen LogP contribution in [-0.2, 0) is 4.79 Å². The number of benzene rings is 1. The van der Waals surface area contributed by atoms with Crippen LogP contribution in [0.2, 0.25) is 0 Å². The first-order valence-corrected chi connectivity index (χ1v) is 7.68. The zero-order valence-electron chi connectivity index (χ0n) is 13.6. The van der Waals surface area contributed by atoms with E-state index in [4.69, 9.17) is 10.2 Å². The van der Waals surface area contributed by atoms with Crippen LogP contribution in [0.3, 0.4) is 0 Å². The molecular weight excluding hydrogens is 328 g/mol. The van der Waals surface area contributed by atoms with E-state index in [1.54, 1.807) is 6.26 Å². The van der Waals surface area contributed by atoms with Gasteiger partial charge in [-0.3, -0.25) is 4.79 Å². The van der Waals surface area contributed by atoms with Gasteiger partial charge in [-0.25, -0.2) is 4.98 Å². The van der Waals surface area contributed by atoms with Gasteiger partial charge in [-0.15, -0.1) is 12.4 Å². The average Bonchev–Trinajstić information content (AvgIpc) is 3.21. The maximum atomic E-state index is 12.2. The molecule has 0 bridgehead atoms. The van der Waals surface area contributed by atoms with E-state index in [0.717, 1.165) is 17.5 Å². The van der Waals surface area contributed by atoms with Crippen molar-refractivity contribution in [1.29, 1.82) is 0 Å². The lowest BCUT2D eigenvalue weighted by Crippen LogP contribution is -2.40. The van der Waals surface area contributed by atoms with Crippen molar-refractivity contribution in [3.63, 3.8) is 0 Å². The van der Waals surface area contributed by atoms with Crippen molar-refractivity contribution < 1.29 is 9.21 Å². The molecule has 4 N–H and O–H groups in total. The van der Waals surface area contributed by atoms with Crippen LogP contribution in [0.25, 0.3) is 22.6 Å². The molecule has 2 unspecified atom stereocenters. The van der Waals surface area contributed by atoms with E-state index < -0.39 is 6.04 Å². The van der Waals surface area contributed by atoms with Crippen molar-refractivity contribution in [3.05, 3.63) is 36.6 Å². The zero-order valence-corrected chi connectivity index (χ0v) is 14.4. The highest BCUT2D eigenvalue weighted by Crippen LogP contribution is 2.23. The number of aromatic amines is 1. The van der Waals surface area contributed by atoms with Gasteiger partial charge in [0.05, 0.1) is 23.3 Å². The summed E-state index contributed by atoms with van der Waals surface area (Å²) in [5.74, 6) is 1.29. The van der Waals surface area contributed by atoms with Crippen LogP contribution in [0.1, 0.15) is 20.3 Å². The summed E-state index contributed by atoms with van der Waals surface area (Å²) in [5, 5.41) is 2.86. The molecule has 2 aromatic heterocycles. The number of imidazole rings is 1. The molecule has 0 aliphatic heterocycles. The molecule has 1 amide bonds. The standard InChI is InChI=1S/C17H20N4O2.ClH/c1-3-10(2)15(18)17(22)19-11-6-7-12-13(9-11)21-16(20-12)14-5-4-8-23-14;/h4-10,15H,3,18H2,1-2H3,(H,19,22)(H,20,21);1H. The number of halogens is 1. The number of hydrogen-bond acceptors (Lipinski definition) is 4. The molecule has 6 nitrogen and oxygen atoms in total. The normalized spacial score (nSPS) is 13.3. The monoisotopic (exact) mass is 348 g/mol. The number of anilines is 1. The van der Waals surface area contributed by atoms with Gasteiger partial charge in [0.2, 0.25) is 5.91 Å². The van der Waals surface area contributed by atoms with Crippen LogP contribution < -0.4 is 11.1 Å². The number of fused-ring (bicyclic) bond motifs is 1. The molecule has 0 aliphatic carbocycles. The van der Waals surface area contributed by atoms with Crippen molar-refractivity contribution in [2.75, 3.05) is 5.32 Å². The Kier molecular flexibility index (Phi) is 5.64. The Hall–Kier alpha value is -2.31. The predicted molar refractivity (Wildman–Crippen MR) is 97.1 cm³/mol. The lowest BCUT2D eigenvalue weighted by atomic mass is 9.99. The summed E-state index contributed by atoms with van der Waals surface area (Å²) in [6, 6.07) is 8.64. The molecule has 0 saturated carbocycles. The van der Waals surface area contributed by atoms with E-state index in [2.05, 4.69) is 15.3 Å². The van der Waals surface area contributed by atoms with Crippen molar-refractivity contribution in [2.24, 2.45) is 11.7 Å². The summed E-state index contributed by atoms with van der Waals surface area (Å²) in [7, 11) is 0. The third-order valence-electron chi connectivity index (χ3n) is 4.06. The van der Waals surface area contributed by atoms with Gasteiger partial charge in [0, 0.05) is 5.69 Å². The lowest BCUT2D eigenvalue weighted by molar-refractivity contribution is -0.118. The summed E-state index contributed by atoms with van der Waals surface area (Å²) >= 11 is 0. The van der Waals surface area contributed by atoms with Crippen LogP contribution >= 0.6 is 12.4 Å². The van der Waals surface area contributed by atoms with Gasteiger partial charge in [0.15, 0.2) is 11.6 Å². The average molecular weight is 349 g/mol. The van der Waals surface area contributed by atoms with Crippen molar-refractivity contribution in [2.45, 2.75) is 26.3 Å². The third-order valence-corrected chi connectivity index (χ3v) is 4.06. The highest BCUT2D eigenvalue weighted by Gasteiger charge is 2.19.